The Morgan fingerprint density at radius 3 is 2.90 bits per heavy atom. The summed E-state index contributed by atoms with van der Waals surface area (Å²) >= 11 is 0. The predicted octanol–water partition coefficient (Wildman–Crippen LogP) is 1.13. The van der Waals surface area contributed by atoms with E-state index in [1.807, 2.05) is 6.92 Å². The van der Waals surface area contributed by atoms with Crippen LogP contribution in [0.1, 0.15) is 20.3 Å². The molecule has 1 fully saturated rings. The molecular weight excluding hydrogens is 288 g/mol. The predicted molar refractivity (Wildman–Crippen MR) is 83.8 cm³/mol. The minimum atomic E-state index is -3.46. The summed E-state index contributed by atoms with van der Waals surface area (Å²) in [7, 11) is -3.46. The van der Waals surface area contributed by atoms with Crippen LogP contribution in [-0.4, -0.2) is 51.0 Å². The van der Waals surface area contributed by atoms with Gasteiger partial charge in [-0.3, -0.25) is 0 Å². The zero-order chi connectivity index (χ0) is 15.3. The number of likely N-dealkylation sites (tertiary alicyclic amines) is 1. The molecule has 6 nitrogen and oxygen atoms in total. The van der Waals surface area contributed by atoms with Crippen LogP contribution in [-0.2, 0) is 10.0 Å². The van der Waals surface area contributed by atoms with Gasteiger partial charge in [-0.2, -0.15) is 0 Å². The number of aromatic nitrogens is 1. The number of nitrogens with one attached hydrogen (secondary N) is 2. The smallest absolute Gasteiger partial charge is 0.240 e. The molecule has 2 N–H and O–H groups in total. The van der Waals surface area contributed by atoms with Crippen LogP contribution in [0.25, 0.3) is 0 Å². The molecule has 1 aliphatic rings. The van der Waals surface area contributed by atoms with Crippen LogP contribution in [0.4, 0.5) is 5.82 Å². The first kappa shape index (κ1) is 16.2. The summed E-state index contributed by atoms with van der Waals surface area (Å²) in [6.07, 6.45) is 2.57. The summed E-state index contributed by atoms with van der Waals surface area (Å²) in [6, 6.07) is 3.09. The van der Waals surface area contributed by atoms with Crippen LogP contribution < -0.4 is 10.0 Å². The van der Waals surface area contributed by atoms with Gasteiger partial charge in [-0.05, 0) is 38.4 Å². The molecule has 0 spiro atoms. The summed E-state index contributed by atoms with van der Waals surface area (Å²) < 4.78 is 27.4. The first-order chi connectivity index (χ1) is 10.0. The highest BCUT2D eigenvalue weighted by Crippen LogP contribution is 2.17. The molecule has 7 heteroatoms. The Kier molecular flexibility index (Phi) is 5.55. The summed E-state index contributed by atoms with van der Waals surface area (Å²) in [5.74, 6) is 0.980. The summed E-state index contributed by atoms with van der Waals surface area (Å²) in [4.78, 5) is 6.70. The maximum absolute atomic E-state index is 12.3. The number of nitrogens with zero attached hydrogens (tertiary/aromatic N) is 2. The third kappa shape index (κ3) is 4.39. The van der Waals surface area contributed by atoms with E-state index in [9.17, 15) is 8.42 Å². The molecule has 1 saturated heterocycles. The molecule has 1 aromatic rings. The maximum Gasteiger partial charge on any atom is 0.240 e. The molecule has 0 aromatic carbocycles. The third-order valence-electron chi connectivity index (χ3n) is 3.78. The second kappa shape index (κ2) is 7.20. The van der Waals surface area contributed by atoms with Crippen molar-refractivity contribution in [2.45, 2.75) is 25.2 Å². The number of hydrogen-bond donors (Lipinski definition) is 2. The minimum Gasteiger partial charge on any atom is -0.370 e. The van der Waals surface area contributed by atoms with E-state index in [1.54, 1.807) is 6.07 Å². The molecule has 1 aliphatic heterocycles. The average molecular weight is 312 g/mol. The number of rotatable bonds is 7. The van der Waals surface area contributed by atoms with E-state index in [-0.39, 0.29) is 4.90 Å². The number of anilines is 1. The lowest BCUT2D eigenvalue weighted by Crippen LogP contribution is -2.31. The lowest BCUT2D eigenvalue weighted by atomic mass is 10.1. The fourth-order valence-electron chi connectivity index (χ4n) is 2.53. The first-order valence-electron chi connectivity index (χ1n) is 7.47. The number of pyridine rings is 1. The van der Waals surface area contributed by atoms with Gasteiger partial charge in [0.1, 0.15) is 5.82 Å². The van der Waals surface area contributed by atoms with Gasteiger partial charge in [0, 0.05) is 31.9 Å². The summed E-state index contributed by atoms with van der Waals surface area (Å²) in [5.41, 5.74) is 0. The van der Waals surface area contributed by atoms with Gasteiger partial charge in [0.05, 0.1) is 4.90 Å². The van der Waals surface area contributed by atoms with Gasteiger partial charge in [-0.25, -0.2) is 18.1 Å². The van der Waals surface area contributed by atoms with E-state index in [1.165, 1.54) is 12.3 Å². The molecule has 2 heterocycles. The Bertz CT molecular complexity index is 562. The van der Waals surface area contributed by atoms with Gasteiger partial charge in [0.15, 0.2) is 0 Å². The van der Waals surface area contributed by atoms with Crippen LogP contribution in [0, 0.1) is 5.92 Å². The SMILES string of the molecule is CCNc1cc(S(=O)(=O)NCC2CCN(CC)C2)ccn1. The topological polar surface area (TPSA) is 74.3 Å². The van der Waals surface area contributed by atoms with Crippen molar-refractivity contribution < 1.29 is 8.42 Å². The van der Waals surface area contributed by atoms with Crippen LogP contribution in [0.5, 0.6) is 0 Å². The second-order valence-corrected chi connectivity index (χ2v) is 7.07. The quantitative estimate of drug-likeness (QED) is 0.789. The highest BCUT2D eigenvalue weighted by atomic mass is 32.2. The van der Waals surface area contributed by atoms with E-state index in [0.29, 0.717) is 24.8 Å². The molecule has 1 unspecified atom stereocenters. The molecule has 2 rings (SSSR count). The van der Waals surface area contributed by atoms with Crippen LogP contribution >= 0.6 is 0 Å². The number of hydrogen-bond acceptors (Lipinski definition) is 5. The fourth-order valence-corrected chi connectivity index (χ4v) is 3.66. The highest BCUT2D eigenvalue weighted by Gasteiger charge is 2.23. The maximum atomic E-state index is 12.3. The largest absolute Gasteiger partial charge is 0.370 e. The molecular formula is C14H24N4O2S. The molecule has 0 radical (unpaired) electrons. The second-order valence-electron chi connectivity index (χ2n) is 5.31. The molecule has 0 bridgehead atoms. The van der Waals surface area contributed by atoms with Crippen molar-refractivity contribution in [1.29, 1.82) is 0 Å². The van der Waals surface area contributed by atoms with Gasteiger partial charge < -0.3 is 10.2 Å². The molecule has 1 aromatic heterocycles. The van der Waals surface area contributed by atoms with Crippen molar-refractivity contribution in [3.05, 3.63) is 18.3 Å². The Labute approximate surface area is 127 Å². The van der Waals surface area contributed by atoms with E-state index in [2.05, 4.69) is 26.8 Å². The normalized spacial score (nSPS) is 19.8. The van der Waals surface area contributed by atoms with Crippen molar-refractivity contribution >= 4 is 15.8 Å². The average Bonchev–Trinajstić information content (AvgIpc) is 2.94. The molecule has 0 amide bonds. The first-order valence-corrected chi connectivity index (χ1v) is 8.95. The van der Waals surface area contributed by atoms with Crippen molar-refractivity contribution in [3.63, 3.8) is 0 Å². The van der Waals surface area contributed by atoms with Gasteiger partial charge in [-0.15, -0.1) is 0 Å². The van der Waals surface area contributed by atoms with Crippen molar-refractivity contribution in [3.8, 4) is 0 Å². The van der Waals surface area contributed by atoms with Gasteiger partial charge >= 0.3 is 0 Å². The summed E-state index contributed by atoms with van der Waals surface area (Å²) in [6.45, 7) is 8.34. The van der Waals surface area contributed by atoms with Gasteiger partial charge in [0.25, 0.3) is 0 Å². The van der Waals surface area contributed by atoms with E-state index in [0.717, 1.165) is 26.1 Å². The monoisotopic (exact) mass is 312 g/mol. The standard InChI is InChI=1S/C14H24N4O2S/c1-3-15-14-9-13(5-7-16-14)21(19,20)17-10-12-6-8-18(4-2)11-12/h5,7,9,12,17H,3-4,6,8,10-11H2,1-2H3,(H,15,16). The van der Waals surface area contributed by atoms with E-state index in [4.69, 9.17) is 0 Å². The minimum absolute atomic E-state index is 0.263. The lowest BCUT2D eigenvalue weighted by molar-refractivity contribution is 0.342. The molecule has 21 heavy (non-hydrogen) atoms. The lowest BCUT2D eigenvalue weighted by Gasteiger charge is -2.14. The van der Waals surface area contributed by atoms with Crippen molar-refractivity contribution in [2.75, 3.05) is 38.0 Å². The third-order valence-corrected chi connectivity index (χ3v) is 5.20. The summed E-state index contributed by atoms with van der Waals surface area (Å²) in [5, 5.41) is 3.02. The Balaban J connectivity index is 1.97. The van der Waals surface area contributed by atoms with Crippen molar-refractivity contribution in [2.24, 2.45) is 5.92 Å². The molecule has 0 saturated carbocycles. The molecule has 118 valence electrons. The van der Waals surface area contributed by atoms with E-state index < -0.39 is 10.0 Å². The molecule has 0 aliphatic carbocycles. The van der Waals surface area contributed by atoms with Gasteiger partial charge in [-0.1, -0.05) is 6.92 Å². The number of sulfonamides is 1. The Hall–Kier alpha value is -1.18. The van der Waals surface area contributed by atoms with Crippen LogP contribution in [0.2, 0.25) is 0 Å². The molecule has 1 atom stereocenters. The highest BCUT2D eigenvalue weighted by molar-refractivity contribution is 7.89. The fraction of sp³-hybridized carbons (Fsp3) is 0.643. The van der Waals surface area contributed by atoms with E-state index >= 15 is 0 Å². The Morgan fingerprint density at radius 2 is 2.24 bits per heavy atom. The van der Waals surface area contributed by atoms with Crippen LogP contribution in [0.3, 0.4) is 0 Å². The zero-order valence-corrected chi connectivity index (χ0v) is 13.5. The Morgan fingerprint density at radius 1 is 1.43 bits per heavy atom. The zero-order valence-electron chi connectivity index (χ0n) is 12.7. The van der Waals surface area contributed by atoms with Gasteiger partial charge in [0.2, 0.25) is 10.0 Å². The van der Waals surface area contributed by atoms with Crippen molar-refractivity contribution in [1.82, 2.24) is 14.6 Å². The van der Waals surface area contributed by atoms with Crippen LogP contribution in [0.15, 0.2) is 23.2 Å².